The molecule has 0 spiro atoms. The number of ether oxygens (including phenoxy) is 7. The number of amides is 1. The molecule has 0 unspecified atom stereocenters. The smallest absolute Gasteiger partial charge is 0.407 e. The number of benzene rings is 3. The van der Waals surface area contributed by atoms with Crippen molar-refractivity contribution in [2.75, 3.05) is 46.8 Å². The molecule has 1 heterocycles. The first-order valence-electron chi connectivity index (χ1n) is 15.8. The van der Waals surface area contributed by atoms with Gasteiger partial charge in [0.1, 0.15) is 18.1 Å². The van der Waals surface area contributed by atoms with E-state index in [0.717, 1.165) is 11.1 Å². The molecule has 12 heteroatoms. The van der Waals surface area contributed by atoms with E-state index in [4.69, 9.17) is 33.2 Å². The molecule has 3 aromatic carbocycles. The molecule has 0 aromatic heterocycles. The minimum Gasteiger partial charge on any atom is -0.493 e. The Morgan fingerprint density at radius 1 is 0.809 bits per heavy atom. The lowest BCUT2D eigenvalue weighted by Crippen LogP contribution is -2.28. The summed E-state index contributed by atoms with van der Waals surface area (Å²) in [5, 5.41) is 2.67. The molecular formula is C35H45NO10S. The fourth-order valence-corrected chi connectivity index (χ4v) is 6.86. The van der Waals surface area contributed by atoms with Crippen molar-refractivity contribution in [3.05, 3.63) is 71.3 Å². The standard InChI is InChI=1S/C35H45NO10S/c1-6-16-44-34-31(43-17-15-36-35(37)45-23-24-11-9-8-10-12-24)21-26(22-32(34)47(38,39)18-7-2)28-14-13-27(46-28)25-19-29(40-3)33(42-5)30(20-25)41-4/h8-12,19-22,27-28H,6-7,13-18,23H2,1-5H3,(H,36,37)/t27-,28-/m0/s1. The van der Waals surface area contributed by atoms with Crippen LogP contribution < -0.4 is 29.0 Å². The number of hydrogen-bond acceptors (Lipinski definition) is 10. The molecule has 0 radical (unpaired) electrons. The second kappa shape index (κ2) is 17.1. The van der Waals surface area contributed by atoms with Crippen molar-refractivity contribution in [3.8, 4) is 28.7 Å². The highest BCUT2D eigenvalue weighted by molar-refractivity contribution is 7.91. The number of carbonyl (C=O) groups is 1. The van der Waals surface area contributed by atoms with E-state index in [0.29, 0.717) is 55.1 Å². The molecule has 0 saturated carbocycles. The fraction of sp³-hybridized carbons (Fsp3) is 0.457. The van der Waals surface area contributed by atoms with E-state index in [1.807, 2.05) is 56.3 Å². The van der Waals surface area contributed by atoms with Gasteiger partial charge in [0.25, 0.3) is 0 Å². The van der Waals surface area contributed by atoms with E-state index in [1.165, 1.54) is 0 Å². The topological polar surface area (TPSA) is 128 Å². The molecule has 1 saturated heterocycles. The third-order valence-electron chi connectivity index (χ3n) is 7.59. The van der Waals surface area contributed by atoms with Crippen molar-refractivity contribution in [3.63, 3.8) is 0 Å². The summed E-state index contributed by atoms with van der Waals surface area (Å²) in [6.45, 7) is 4.38. The summed E-state index contributed by atoms with van der Waals surface area (Å²) in [5.74, 6) is 1.91. The van der Waals surface area contributed by atoms with Crippen LogP contribution in [0.3, 0.4) is 0 Å². The summed E-state index contributed by atoms with van der Waals surface area (Å²) in [5.41, 5.74) is 2.38. The first kappa shape index (κ1) is 35.7. The highest BCUT2D eigenvalue weighted by Gasteiger charge is 2.33. The number of rotatable bonds is 17. The van der Waals surface area contributed by atoms with Crippen molar-refractivity contribution in [1.29, 1.82) is 0 Å². The van der Waals surface area contributed by atoms with Gasteiger partial charge in [-0.3, -0.25) is 0 Å². The maximum Gasteiger partial charge on any atom is 0.407 e. The van der Waals surface area contributed by atoms with Crippen LogP contribution in [-0.4, -0.2) is 61.4 Å². The third-order valence-corrected chi connectivity index (χ3v) is 9.51. The van der Waals surface area contributed by atoms with E-state index in [-0.39, 0.29) is 48.0 Å². The molecular weight excluding hydrogens is 626 g/mol. The van der Waals surface area contributed by atoms with Crippen molar-refractivity contribution in [2.45, 2.75) is 63.2 Å². The fourth-order valence-electron chi connectivity index (χ4n) is 5.35. The van der Waals surface area contributed by atoms with Gasteiger partial charge in [-0.1, -0.05) is 44.2 Å². The molecule has 0 aliphatic carbocycles. The molecule has 1 aliphatic rings. The number of alkyl carbamates (subject to hydrolysis) is 1. The first-order chi connectivity index (χ1) is 22.7. The molecule has 3 aromatic rings. The van der Waals surface area contributed by atoms with E-state index in [1.54, 1.807) is 33.5 Å². The van der Waals surface area contributed by atoms with Crippen LogP contribution in [0.4, 0.5) is 4.79 Å². The summed E-state index contributed by atoms with van der Waals surface area (Å²) >= 11 is 0. The van der Waals surface area contributed by atoms with Crippen LogP contribution in [0.15, 0.2) is 59.5 Å². The summed E-state index contributed by atoms with van der Waals surface area (Å²) in [6.07, 6.45) is 1.13. The van der Waals surface area contributed by atoms with Gasteiger partial charge in [-0.2, -0.15) is 0 Å². The Labute approximate surface area is 277 Å². The van der Waals surface area contributed by atoms with Gasteiger partial charge in [0.2, 0.25) is 5.75 Å². The Balaban J connectivity index is 1.56. The Hall–Kier alpha value is -4.16. The van der Waals surface area contributed by atoms with Gasteiger partial charge in [-0.05, 0) is 66.6 Å². The van der Waals surface area contributed by atoms with Gasteiger partial charge >= 0.3 is 6.09 Å². The van der Waals surface area contributed by atoms with E-state index in [2.05, 4.69) is 5.32 Å². The molecule has 1 N–H and O–H groups in total. The maximum absolute atomic E-state index is 13.5. The zero-order chi connectivity index (χ0) is 33.8. The minimum atomic E-state index is -3.71. The lowest BCUT2D eigenvalue weighted by atomic mass is 10.0. The van der Waals surface area contributed by atoms with E-state index >= 15 is 0 Å². The Kier molecular flexibility index (Phi) is 13.0. The Morgan fingerprint density at radius 3 is 2.04 bits per heavy atom. The lowest BCUT2D eigenvalue weighted by molar-refractivity contribution is 0.0435. The van der Waals surface area contributed by atoms with Crippen molar-refractivity contribution < 1.29 is 46.4 Å². The third kappa shape index (κ3) is 9.23. The first-order valence-corrected chi connectivity index (χ1v) is 17.5. The molecule has 2 atom stereocenters. The van der Waals surface area contributed by atoms with Crippen LogP contribution in [0.1, 0.15) is 68.4 Å². The molecule has 256 valence electrons. The second-order valence-electron chi connectivity index (χ2n) is 11.0. The monoisotopic (exact) mass is 671 g/mol. The average molecular weight is 672 g/mol. The lowest BCUT2D eigenvalue weighted by Gasteiger charge is -2.21. The molecule has 1 amide bonds. The number of nitrogens with one attached hydrogen (secondary N) is 1. The van der Waals surface area contributed by atoms with E-state index < -0.39 is 22.0 Å². The summed E-state index contributed by atoms with van der Waals surface area (Å²) in [7, 11) is 0.957. The summed E-state index contributed by atoms with van der Waals surface area (Å²) in [4.78, 5) is 12.3. The zero-order valence-corrected chi connectivity index (χ0v) is 28.5. The number of hydrogen-bond donors (Lipinski definition) is 1. The molecule has 1 fully saturated rings. The predicted octanol–water partition coefficient (Wildman–Crippen LogP) is 6.58. The zero-order valence-electron chi connectivity index (χ0n) is 27.7. The predicted molar refractivity (Wildman–Crippen MR) is 177 cm³/mol. The molecule has 47 heavy (non-hydrogen) atoms. The van der Waals surface area contributed by atoms with Gasteiger partial charge in [0, 0.05) is 0 Å². The molecule has 11 nitrogen and oxygen atoms in total. The van der Waals surface area contributed by atoms with Crippen molar-refractivity contribution in [1.82, 2.24) is 5.32 Å². The van der Waals surface area contributed by atoms with E-state index in [9.17, 15) is 13.2 Å². The Morgan fingerprint density at radius 2 is 1.45 bits per heavy atom. The van der Waals surface area contributed by atoms with Gasteiger partial charge in [0.15, 0.2) is 32.8 Å². The maximum atomic E-state index is 13.5. The van der Waals surface area contributed by atoms with Crippen LogP contribution in [-0.2, 0) is 25.9 Å². The Bertz CT molecular complexity index is 1550. The quantitative estimate of drug-likeness (QED) is 0.157. The van der Waals surface area contributed by atoms with Gasteiger partial charge in [0.05, 0.1) is 52.4 Å². The highest BCUT2D eigenvalue weighted by Crippen LogP contribution is 2.48. The van der Waals surface area contributed by atoms with Crippen LogP contribution in [0.2, 0.25) is 0 Å². The largest absolute Gasteiger partial charge is 0.493 e. The highest BCUT2D eigenvalue weighted by atomic mass is 32.2. The molecule has 1 aliphatic heterocycles. The number of methoxy groups -OCH3 is 3. The van der Waals surface area contributed by atoms with Crippen molar-refractivity contribution >= 4 is 15.9 Å². The molecule has 0 bridgehead atoms. The average Bonchev–Trinajstić information content (AvgIpc) is 3.58. The SMILES string of the molecule is CCCOc1c(OCCNC(=O)OCc2ccccc2)cc([C@@H]2CC[C@@H](c3cc(OC)c(OC)c(OC)c3)O2)cc1S(=O)(=O)CCC. The second-order valence-corrected chi connectivity index (χ2v) is 13.1. The van der Waals surface area contributed by atoms with Gasteiger partial charge < -0.3 is 38.5 Å². The van der Waals surface area contributed by atoms with Crippen LogP contribution in [0, 0.1) is 0 Å². The number of carbonyl (C=O) groups excluding carboxylic acids is 1. The molecule has 4 rings (SSSR count). The van der Waals surface area contributed by atoms with Crippen LogP contribution >= 0.6 is 0 Å². The van der Waals surface area contributed by atoms with Gasteiger partial charge in [-0.15, -0.1) is 0 Å². The summed E-state index contributed by atoms with van der Waals surface area (Å²) < 4.78 is 67.5. The summed E-state index contributed by atoms with van der Waals surface area (Å²) in [6, 6.07) is 16.5. The van der Waals surface area contributed by atoms with Crippen molar-refractivity contribution in [2.24, 2.45) is 0 Å². The van der Waals surface area contributed by atoms with Crippen LogP contribution in [0.25, 0.3) is 0 Å². The van der Waals surface area contributed by atoms with Crippen LogP contribution in [0.5, 0.6) is 28.7 Å². The number of sulfone groups is 1. The normalized spacial score (nSPS) is 15.9. The van der Waals surface area contributed by atoms with Gasteiger partial charge in [-0.25, -0.2) is 13.2 Å². The minimum absolute atomic E-state index is 0.0488.